The van der Waals surface area contributed by atoms with Crippen LogP contribution in [0.1, 0.15) is 45.2 Å². The summed E-state index contributed by atoms with van der Waals surface area (Å²) in [4.78, 5) is 26.7. The van der Waals surface area contributed by atoms with E-state index in [2.05, 4.69) is 0 Å². The molecule has 0 unspecified atom stereocenters. The van der Waals surface area contributed by atoms with E-state index < -0.39 is 0 Å². The zero-order chi connectivity index (χ0) is 18.1. The van der Waals surface area contributed by atoms with E-state index in [4.69, 9.17) is 34.8 Å². The van der Waals surface area contributed by atoms with Crippen LogP contribution in [0.2, 0.25) is 15.1 Å². The van der Waals surface area contributed by atoms with Gasteiger partial charge in [-0.05, 0) is 35.7 Å². The van der Waals surface area contributed by atoms with Crippen LogP contribution in [0.3, 0.4) is 0 Å². The Balaban J connectivity index is 1.94. The Labute approximate surface area is 161 Å². The third-order valence-corrected chi connectivity index (χ3v) is 5.28. The van der Waals surface area contributed by atoms with Crippen molar-refractivity contribution in [2.45, 2.75) is 26.3 Å². The first-order valence-electron chi connectivity index (χ1n) is 8.00. The average molecular weight is 397 g/mol. The molecule has 0 N–H and O–H groups in total. The van der Waals surface area contributed by atoms with Crippen molar-refractivity contribution in [3.8, 4) is 0 Å². The fourth-order valence-corrected chi connectivity index (χ4v) is 4.03. The summed E-state index contributed by atoms with van der Waals surface area (Å²) in [6.45, 7) is 2.75. The number of benzene rings is 2. The molecule has 0 fully saturated rings. The molecule has 25 heavy (non-hydrogen) atoms. The lowest BCUT2D eigenvalue weighted by Gasteiger charge is -2.30. The molecule has 1 heterocycles. The third-order valence-electron chi connectivity index (χ3n) is 4.33. The van der Waals surface area contributed by atoms with Gasteiger partial charge in [0.1, 0.15) is 0 Å². The summed E-state index contributed by atoms with van der Waals surface area (Å²) in [6.07, 6.45) is 0.898. The van der Waals surface area contributed by atoms with Crippen molar-refractivity contribution in [3.05, 3.63) is 67.7 Å². The van der Waals surface area contributed by atoms with Crippen molar-refractivity contribution >= 4 is 46.5 Å². The minimum atomic E-state index is -0.138. The van der Waals surface area contributed by atoms with Gasteiger partial charge in [0, 0.05) is 30.1 Å². The van der Waals surface area contributed by atoms with Gasteiger partial charge in [-0.15, -0.1) is 0 Å². The number of carbonyl (C=O) groups is 2. The smallest absolute Gasteiger partial charge is 0.254 e. The molecule has 6 heteroatoms. The summed E-state index contributed by atoms with van der Waals surface area (Å²) in [6, 6.07) is 8.99. The standard InChI is InChI=1S/C19H16Cl3NO2/c1-2-16(24)17-15(21)9-14-13(18(17)22)6-7-23(19(14)25)10-11-4-3-5-12(20)8-11/h3-5,8-9H,2,6-7,10H2,1H3. The number of fused-ring (bicyclic) bond motifs is 1. The molecular weight excluding hydrogens is 381 g/mol. The Morgan fingerprint density at radius 1 is 1.20 bits per heavy atom. The molecule has 3 nitrogen and oxygen atoms in total. The molecule has 0 spiro atoms. The van der Waals surface area contributed by atoms with Crippen molar-refractivity contribution in [1.82, 2.24) is 4.90 Å². The molecular formula is C19H16Cl3NO2. The van der Waals surface area contributed by atoms with Crippen LogP contribution in [-0.2, 0) is 13.0 Å². The van der Waals surface area contributed by atoms with Gasteiger partial charge in [-0.2, -0.15) is 0 Å². The minimum absolute atomic E-state index is 0.119. The highest BCUT2D eigenvalue weighted by molar-refractivity contribution is 6.41. The Morgan fingerprint density at radius 2 is 1.96 bits per heavy atom. The Morgan fingerprint density at radius 3 is 2.64 bits per heavy atom. The van der Waals surface area contributed by atoms with Crippen LogP contribution < -0.4 is 0 Å². The number of ketones is 1. The number of amides is 1. The van der Waals surface area contributed by atoms with Crippen LogP contribution in [-0.4, -0.2) is 23.1 Å². The number of Topliss-reactive ketones (excluding diaryl/α,β-unsaturated/α-hetero) is 1. The maximum absolute atomic E-state index is 12.9. The van der Waals surface area contributed by atoms with Crippen LogP contribution in [0.15, 0.2) is 30.3 Å². The monoisotopic (exact) mass is 395 g/mol. The lowest BCUT2D eigenvalue weighted by molar-refractivity contribution is 0.0726. The number of hydrogen-bond acceptors (Lipinski definition) is 2. The lowest BCUT2D eigenvalue weighted by atomic mass is 9.94. The first-order chi connectivity index (χ1) is 11.9. The second kappa shape index (κ2) is 7.36. The molecule has 0 atom stereocenters. The van der Waals surface area contributed by atoms with Crippen molar-refractivity contribution in [1.29, 1.82) is 0 Å². The normalized spacial score (nSPS) is 13.8. The van der Waals surface area contributed by atoms with Gasteiger partial charge >= 0.3 is 0 Å². The van der Waals surface area contributed by atoms with Crippen molar-refractivity contribution in [3.63, 3.8) is 0 Å². The van der Waals surface area contributed by atoms with E-state index in [-0.39, 0.29) is 16.7 Å². The summed E-state index contributed by atoms with van der Waals surface area (Å²) in [5.74, 6) is -0.257. The van der Waals surface area contributed by atoms with Gasteiger partial charge in [0.25, 0.3) is 5.91 Å². The van der Waals surface area contributed by atoms with Gasteiger partial charge in [0.05, 0.1) is 15.6 Å². The Hall–Kier alpha value is -1.55. The maximum Gasteiger partial charge on any atom is 0.254 e. The van der Waals surface area contributed by atoms with Crippen molar-refractivity contribution < 1.29 is 9.59 Å². The van der Waals surface area contributed by atoms with Gasteiger partial charge in [0.15, 0.2) is 5.78 Å². The largest absolute Gasteiger partial charge is 0.334 e. The van der Waals surface area contributed by atoms with E-state index in [0.29, 0.717) is 52.7 Å². The summed E-state index contributed by atoms with van der Waals surface area (Å²) in [7, 11) is 0. The first kappa shape index (κ1) is 18.2. The van der Waals surface area contributed by atoms with Gasteiger partial charge in [0.2, 0.25) is 0 Å². The predicted octanol–water partition coefficient (Wildman–Crippen LogP) is 5.44. The quantitative estimate of drug-likeness (QED) is 0.645. The number of rotatable bonds is 4. The van der Waals surface area contributed by atoms with E-state index in [1.165, 1.54) is 0 Å². The summed E-state index contributed by atoms with van der Waals surface area (Å²) in [5.41, 5.74) is 2.45. The molecule has 1 amide bonds. The van der Waals surface area contributed by atoms with E-state index in [9.17, 15) is 9.59 Å². The minimum Gasteiger partial charge on any atom is -0.334 e. The molecule has 0 saturated carbocycles. The SMILES string of the molecule is CCC(=O)c1c(Cl)cc2c(c1Cl)CCN(Cc1cccc(Cl)c1)C2=O. The van der Waals surface area contributed by atoms with Crippen molar-refractivity contribution in [2.75, 3.05) is 6.54 Å². The lowest BCUT2D eigenvalue weighted by Crippen LogP contribution is -2.37. The maximum atomic E-state index is 12.9. The van der Waals surface area contributed by atoms with E-state index in [0.717, 1.165) is 5.56 Å². The molecule has 3 rings (SSSR count). The van der Waals surface area contributed by atoms with Gasteiger partial charge in [-0.3, -0.25) is 9.59 Å². The predicted molar refractivity (Wildman–Crippen MR) is 101 cm³/mol. The van der Waals surface area contributed by atoms with E-state index in [1.54, 1.807) is 24.0 Å². The third kappa shape index (κ3) is 3.55. The summed E-state index contributed by atoms with van der Waals surface area (Å²) in [5, 5.41) is 1.18. The van der Waals surface area contributed by atoms with Crippen LogP contribution >= 0.6 is 34.8 Å². The highest BCUT2D eigenvalue weighted by Crippen LogP contribution is 2.35. The fourth-order valence-electron chi connectivity index (χ4n) is 3.05. The number of nitrogens with zero attached hydrogens (tertiary/aromatic N) is 1. The fraction of sp³-hybridized carbons (Fsp3) is 0.263. The number of halogens is 3. The molecule has 0 radical (unpaired) electrons. The van der Waals surface area contributed by atoms with Crippen LogP contribution in [0.5, 0.6) is 0 Å². The van der Waals surface area contributed by atoms with Crippen LogP contribution in [0, 0.1) is 0 Å². The Kier molecular flexibility index (Phi) is 5.38. The van der Waals surface area contributed by atoms with Gasteiger partial charge in [-0.1, -0.05) is 53.9 Å². The highest BCUT2D eigenvalue weighted by atomic mass is 35.5. The van der Waals surface area contributed by atoms with Crippen LogP contribution in [0.4, 0.5) is 0 Å². The zero-order valence-corrected chi connectivity index (χ0v) is 15.9. The summed E-state index contributed by atoms with van der Waals surface area (Å²) < 4.78 is 0. The molecule has 0 saturated heterocycles. The molecule has 1 aliphatic heterocycles. The number of carbonyl (C=O) groups excluding carboxylic acids is 2. The Bertz CT molecular complexity index is 864. The zero-order valence-electron chi connectivity index (χ0n) is 13.6. The van der Waals surface area contributed by atoms with Gasteiger partial charge < -0.3 is 4.90 Å². The molecule has 2 aromatic carbocycles. The van der Waals surface area contributed by atoms with Crippen LogP contribution in [0.25, 0.3) is 0 Å². The highest BCUT2D eigenvalue weighted by Gasteiger charge is 2.29. The second-order valence-electron chi connectivity index (χ2n) is 5.96. The molecule has 0 aromatic heterocycles. The molecule has 2 aromatic rings. The molecule has 0 aliphatic carbocycles. The molecule has 0 bridgehead atoms. The second-order valence-corrected chi connectivity index (χ2v) is 7.18. The summed E-state index contributed by atoms with van der Waals surface area (Å²) >= 11 is 18.7. The average Bonchev–Trinajstić information content (AvgIpc) is 2.58. The van der Waals surface area contributed by atoms with Crippen molar-refractivity contribution in [2.24, 2.45) is 0 Å². The van der Waals surface area contributed by atoms with E-state index in [1.807, 2.05) is 18.2 Å². The molecule has 130 valence electrons. The van der Waals surface area contributed by atoms with E-state index >= 15 is 0 Å². The van der Waals surface area contributed by atoms with Gasteiger partial charge in [-0.25, -0.2) is 0 Å². The first-order valence-corrected chi connectivity index (χ1v) is 9.13. The number of hydrogen-bond donors (Lipinski definition) is 0. The topological polar surface area (TPSA) is 37.4 Å². The molecule has 1 aliphatic rings.